The number of pyridine rings is 2. The zero-order valence-electron chi connectivity index (χ0n) is 21.5. The van der Waals surface area contributed by atoms with Crippen LogP contribution in [0.2, 0.25) is 0 Å². The molecule has 41 heavy (non-hydrogen) atoms. The maximum atomic E-state index is 10.3. The first kappa shape index (κ1) is 29.2. The summed E-state index contributed by atoms with van der Waals surface area (Å²) >= 11 is 0. The molecule has 0 amide bonds. The number of carboxylic acids is 2. The molecule has 0 bridgehead atoms. The van der Waals surface area contributed by atoms with E-state index >= 15 is 0 Å². The van der Waals surface area contributed by atoms with E-state index in [-0.39, 0.29) is 42.9 Å². The Balaban J connectivity index is 0.000000253. The molecule has 0 spiro atoms. The van der Waals surface area contributed by atoms with Gasteiger partial charge in [0.2, 0.25) is 11.8 Å². The number of carboxylic acid groups (broad SMARTS) is 2. The average Bonchev–Trinajstić information content (AvgIpc) is 3.70. The minimum atomic E-state index is -1.24. The van der Waals surface area contributed by atoms with Gasteiger partial charge in [-0.2, -0.15) is 0 Å². The van der Waals surface area contributed by atoms with Crippen LogP contribution < -0.4 is 0 Å². The van der Waals surface area contributed by atoms with Crippen LogP contribution in [0.5, 0.6) is 0 Å². The minimum Gasteiger partial charge on any atom is -0.477 e. The van der Waals surface area contributed by atoms with Crippen LogP contribution in [0.15, 0.2) is 107 Å². The predicted molar refractivity (Wildman–Crippen MR) is 146 cm³/mol. The van der Waals surface area contributed by atoms with Crippen molar-refractivity contribution in [3.63, 3.8) is 0 Å². The minimum absolute atomic E-state index is 0. The Morgan fingerprint density at radius 3 is 1.41 bits per heavy atom. The molecule has 208 valence electrons. The van der Waals surface area contributed by atoms with E-state index in [0.717, 1.165) is 11.1 Å². The quantitative estimate of drug-likeness (QED) is 0.292. The molecule has 2 aromatic heterocycles. The Labute approximate surface area is 248 Å². The number of aromatic nitrogens is 2. The molecule has 4 aromatic rings. The van der Waals surface area contributed by atoms with Crippen molar-refractivity contribution in [2.24, 2.45) is 9.98 Å². The van der Waals surface area contributed by atoms with E-state index in [9.17, 15) is 9.59 Å². The molecule has 0 fully saturated rings. The van der Waals surface area contributed by atoms with Gasteiger partial charge in [0.15, 0.2) is 0 Å². The van der Waals surface area contributed by atoms with Crippen LogP contribution in [0.3, 0.4) is 0 Å². The Hall–Kier alpha value is -4.76. The van der Waals surface area contributed by atoms with Crippen LogP contribution >= 0.6 is 0 Å². The summed E-state index contributed by atoms with van der Waals surface area (Å²) in [5, 5.41) is 16.9. The van der Waals surface area contributed by atoms with Gasteiger partial charge < -0.3 is 19.7 Å². The molecule has 2 N–H and O–H groups in total. The summed E-state index contributed by atoms with van der Waals surface area (Å²) in [4.78, 5) is 38.1. The third-order valence-electron chi connectivity index (χ3n) is 6.05. The molecule has 0 aliphatic carbocycles. The van der Waals surface area contributed by atoms with Crippen molar-refractivity contribution in [2.75, 3.05) is 13.2 Å². The first-order valence-electron chi connectivity index (χ1n) is 12.4. The Morgan fingerprint density at radius 1 is 0.585 bits per heavy atom. The van der Waals surface area contributed by atoms with Gasteiger partial charge in [-0.15, -0.1) is 0 Å². The molecule has 2 atom stereocenters. The maximum Gasteiger partial charge on any atom is 0.354 e. The second-order valence-electron chi connectivity index (χ2n) is 8.77. The summed E-state index contributed by atoms with van der Waals surface area (Å²) in [6.07, 6.45) is 0. The van der Waals surface area contributed by atoms with Crippen molar-refractivity contribution >= 4 is 23.7 Å². The largest absolute Gasteiger partial charge is 0.477 e. The van der Waals surface area contributed by atoms with E-state index in [2.05, 4.69) is 34.2 Å². The summed E-state index contributed by atoms with van der Waals surface area (Å²) < 4.78 is 11.6. The van der Waals surface area contributed by atoms with Crippen molar-refractivity contribution in [3.8, 4) is 0 Å². The predicted octanol–water partition coefficient (Wildman–Crippen LogP) is 4.59. The van der Waals surface area contributed by atoms with Crippen molar-refractivity contribution in [2.45, 2.75) is 12.1 Å². The van der Waals surface area contributed by atoms with E-state index in [1.165, 1.54) is 18.2 Å². The van der Waals surface area contributed by atoms with Gasteiger partial charge in [-0.1, -0.05) is 72.8 Å². The number of aromatic carboxylic acids is 2. The van der Waals surface area contributed by atoms with Gasteiger partial charge in [-0.3, -0.25) is 0 Å². The van der Waals surface area contributed by atoms with Gasteiger partial charge in [-0.25, -0.2) is 29.5 Å². The zero-order valence-corrected chi connectivity index (χ0v) is 23.2. The fourth-order valence-corrected chi connectivity index (χ4v) is 4.07. The van der Waals surface area contributed by atoms with Gasteiger partial charge in [-0.05, 0) is 35.4 Å². The van der Waals surface area contributed by atoms with Crippen LogP contribution in [-0.2, 0) is 29.0 Å². The average molecular weight is 638 g/mol. The standard InChI is InChI=1S/C23H19N3O2.C7H5NO4.Ru/c1-3-8-16(9-4-1)20-14-27-22(25-20)18-12-7-13-19(24-18)23-26-21(15-28-23)17-10-5-2-6-11-17;9-6(10)4-2-1-3-5(8-4)7(11)12;/h1-13,20-21H,14-15H2;1-3H,(H,9,10)(H,11,12);/t20-,21-;;/m1../s1. The third-order valence-corrected chi connectivity index (χ3v) is 6.05. The second kappa shape index (κ2) is 13.5. The summed E-state index contributed by atoms with van der Waals surface area (Å²) in [6, 6.07) is 29.9. The first-order chi connectivity index (χ1) is 19.5. The third kappa shape index (κ3) is 7.26. The summed E-state index contributed by atoms with van der Waals surface area (Å²) in [6.45, 7) is 1.05. The van der Waals surface area contributed by atoms with Crippen LogP contribution in [0.4, 0.5) is 0 Å². The fourth-order valence-electron chi connectivity index (χ4n) is 4.07. The van der Waals surface area contributed by atoms with Gasteiger partial charge >= 0.3 is 11.9 Å². The first-order valence-corrected chi connectivity index (χ1v) is 12.4. The summed E-state index contributed by atoms with van der Waals surface area (Å²) in [7, 11) is 0. The molecule has 2 aliphatic heterocycles. The number of aliphatic imine (C=N–C) groups is 2. The normalized spacial score (nSPS) is 17.0. The number of carbonyl (C=O) groups is 2. The molecule has 2 aliphatic rings. The molecule has 0 saturated heterocycles. The Kier molecular flexibility index (Phi) is 9.65. The smallest absolute Gasteiger partial charge is 0.354 e. The molecule has 0 radical (unpaired) electrons. The van der Waals surface area contributed by atoms with Crippen molar-refractivity contribution in [1.82, 2.24) is 9.97 Å². The van der Waals surface area contributed by atoms with Gasteiger partial charge in [0.05, 0.1) is 0 Å². The SMILES string of the molecule is O=C(O)c1cccc(C(=O)O)n1.[Ru].c1ccc([C@H]2COC(c3cccc(C4=N[C@@H](c5ccccc5)CO4)n3)=N2)cc1. The van der Waals surface area contributed by atoms with E-state index in [0.29, 0.717) is 36.4 Å². The number of rotatable bonds is 6. The number of hydrogen-bond acceptors (Lipinski definition) is 8. The van der Waals surface area contributed by atoms with Crippen molar-refractivity contribution in [3.05, 3.63) is 131 Å². The van der Waals surface area contributed by atoms with Crippen LogP contribution in [0, 0.1) is 0 Å². The van der Waals surface area contributed by atoms with E-state index in [1.54, 1.807) is 0 Å². The van der Waals surface area contributed by atoms with E-state index < -0.39 is 11.9 Å². The van der Waals surface area contributed by atoms with Gasteiger partial charge in [0, 0.05) is 19.5 Å². The van der Waals surface area contributed by atoms with Gasteiger partial charge in [0.1, 0.15) is 48.1 Å². The number of nitrogens with zero attached hydrogens (tertiary/aromatic N) is 4. The van der Waals surface area contributed by atoms with Crippen molar-refractivity contribution < 1.29 is 48.8 Å². The molecule has 2 aromatic carbocycles. The zero-order chi connectivity index (χ0) is 27.9. The van der Waals surface area contributed by atoms with E-state index in [1.807, 2.05) is 54.6 Å². The summed E-state index contributed by atoms with van der Waals surface area (Å²) in [5.74, 6) is -1.35. The van der Waals surface area contributed by atoms with Gasteiger partial charge in [0.25, 0.3) is 0 Å². The molecule has 10 nitrogen and oxygen atoms in total. The summed E-state index contributed by atoms with van der Waals surface area (Å²) in [5.41, 5.74) is 3.14. The molecule has 4 heterocycles. The molecule has 0 unspecified atom stereocenters. The number of benzene rings is 2. The monoisotopic (exact) mass is 638 g/mol. The number of hydrogen-bond donors (Lipinski definition) is 2. The van der Waals surface area contributed by atoms with Crippen LogP contribution in [0.25, 0.3) is 0 Å². The Bertz CT molecular complexity index is 1470. The number of ether oxygens (including phenoxy) is 2. The molecule has 6 rings (SSSR count). The second-order valence-corrected chi connectivity index (χ2v) is 8.77. The molecule has 0 saturated carbocycles. The molecular formula is C30H24N4O6Ru. The van der Waals surface area contributed by atoms with E-state index in [4.69, 9.17) is 29.7 Å². The topological polar surface area (TPSA) is 144 Å². The fraction of sp³-hybridized carbons (Fsp3) is 0.133. The van der Waals surface area contributed by atoms with Crippen molar-refractivity contribution in [1.29, 1.82) is 0 Å². The molecular weight excluding hydrogens is 613 g/mol. The maximum absolute atomic E-state index is 10.3. The molecule has 11 heteroatoms. The van der Waals surface area contributed by atoms with Crippen LogP contribution in [0.1, 0.15) is 55.6 Å². The van der Waals surface area contributed by atoms with Crippen LogP contribution in [-0.4, -0.2) is 57.1 Å². The Morgan fingerprint density at radius 2 is 1.00 bits per heavy atom.